The Morgan fingerprint density at radius 2 is 1.90 bits per heavy atom. The lowest BCUT2D eigenvalue weighted by atomic mass is 10.1. The average molecular weight is 270 g/mol. The number of carboxylic acid groups (broad SMARTS) is 1. The topological polar surface area (TPSA) is 92.4 Å². The summed E-state index contributed by atoms with van der Waals surface area (Å²) >= 11 is 0. The molecule has 0 aliphatic heterocycles. The summed E-state index contributed by atoms with van der Waals surface area (Å²) in [5.74, 6) is -1.36. The molecule has 2 aromatic carbocycles. The van der Waals surface area contributed by atoms with E-state index in [0.717, 1.165) is 0 Å². The Morgan fingerprint density at radius 3 is 2.55 bits per heavy atom. The predicted octanol–water partition coefficient (Wildman–Crippen LogP) is 2.53. The number of aromatic carboxylic acids is 1. The molecule has 20 heavy (non-hydrogen) atoms. The van der Waals surface area contributed by atoms with E-state index in [0.29, 0.717) is 22.5 Å². The van der Waals surface area contributed by atoms with Crippen LogP contribution in [0.2, 0.25) is 0 Å². The Hall–Kier alpha value is -2.82. The maximum absolute atomic E-state index is 12.0. The van der Waals surface area contributed by atoms with Crippen molar-refractivity contribution in [2.45, 2.75) is 6.92 Å². The Balaban J connectivity index is 2.24. The van der Waals surface area contributed by atoms with Crippen molar-refractivity contribution in [1.82, 2.24) is 0 Å². The van der Waals surface area contributed by atoms with E-state index in [9.17, 15) is 9.59 Å². The van der Waals surface area contributed by atoms with E-state index in [1.54, 1.807) is 43.3 Å². The number of nitrogens with two attached hydrogens (primary N) is 1. The SMILES string of the molecule is Cc1ccc(NC(=O)c2cccc(N)c2)cc1C(=O)O. The highest BCUT2D eigenvalue weighted by molar-refractivity contribution is 6.05. The Kier molecular flexibility index (Phi) is 3.70. The molecule has 2 aromatic rings. The van der Waals surface area contributed by atoms with Crippen LogP contribution in [0, 0.1) is 6.92 Å². The fourth-order valence-electron chi connectivity index (χ4n) is 1.81. The second kappa shape index (κ2) is 5.44. The van der Waals surface area contributed by atoms with Crippen LogP contribution in [-0.4, -0.2) is 17.0 Å². The van der Waals surface area contributed by atoms with E-state index in [2.05, 4.69) is 5.32 Å². The minimum Gasteiger partial charge on any atom is -0.478 e. The van der Waals surface area contributed by atoms with Gasteiger partial charge in [-0.2, -0.15) is 0 Å². The van der Waals surface area contributed by atoms with Crippen LogP contribution in [-0.2, 0) is 0 Å². The lowest BCUT2D eigenvalue weighted by Gasteiger charge is -2.08. The first-order valence-electron chi connectivity index (χ1n) is 5.98. The van der Waals surface area contributed by atoms with Crippen LogP contribution < -0.4 is 11.1 Å². The number of aryl methyl sites for hydroxylation is 1. The van der Waals surface area contributed by atoms with Gasteiger partial charge in [-0.05, 0) is 42.8 Å². The van der Waals surface area contributed by atoms with Gasteiger partial charge in [-0.3, -0.25) is 4.79 Å². The fourth-order valence-corrected chi connectivity index (χ4v) is 1.81. The van der Waals surface area contributed by atoms with E-state index < -0.39 is 5.97 Å². The molecule has 0 radical (unpaired) electrons. The highest BCUT2D eigenvalue weighted by Gasteiger charge is 2.10. The molecule has 0 aromatic heterocycles. The van der Waals surface area contributed by atoms with Crippen molar-refractivity contribution in [3.05, 3.63) is 59.2 Å². The van der Waals surface area contributed by atoms with Gasteiger partial charge < -0.3 is 16.2 Å². The zero-order valence-corrected chi connectivity index (χ0v) is 10.9. The largest absolute Gasteiger partial charge is 0.478 e. The highest BCUT2D eigenvalue weighted by Crippen LogP contribution is 2.17. The number of nitrogen functional groups attached to an aromatic ring is 1. The number of carboxylic acids is 1. The molecular formula is C15H14N2O3. The van der Waals surface area contributed by atoms with Crippen molar-refractivity contribution < 1.29 is 14.7 Å². The summed E-state index contributed by atoms with van der Waals surface area (Å²) in [5, 5.41) is 11.7. The Labute approximate surface area is 116 Å². The van der Waals surface area contributed by atoms with Gasteiger partial charge in [-0.1, -0.05) is 12.1 Å². The van der Waals surface area contributed by atoms with E-state index in [4.69, 9.17) is 10.8 Å². The van der Waals surface area contributed by atoms with E-state index in [1.807, 2.05) is 0 Å². The second-order valence-corrected chi connectivity index (χ2v) is 4.41. The lowest BCUT2D eigenvalue weighted by Crippen LogP contribution is -2.13. The summed E-state index contributed by atoms with van der Waals surface area (Å²) in [7, 11) is 0. The number of carbonyl (C=O) groups excluding carboxylic acids is 1. The molecule has 0 spiro atoms. The molecule has 102 valence electrons. The average Bonchev–Trinajstić information content (AvgIpc) is 2.40. The van der Waals surface area contributed by atoms with Gasteiger partial charge in [0.15, 0.2) is 0 Å². The van der Waals surface area contributed by atoms with Gasteiger partial charge in [-0.25, -0.2) is 4.79 Å². The molecule has 5 nitrogen and oxygen atoms in total. The van der Waals surface area contributed by atoms with Crippen LogP contribution >= 0.6 is 0 Å². The van der Waals surface area contributed by atoms with Gasteiger partial charge in [0.05, 0.1) is 5.56 Å². The van der Waals surface area contributed by atoms with E-state index in [-0.39, 0.29) is 11.5 Å². The van der Waals surface area contributed by atoms with Gasteiger partial charge in [0.25, 0.3) is 5.91 Å². The van der Waals surface area contributed by atoms with Gasteiger partial charge in [-0.15, -0.1) is 0 Å². The quantitative estimate of drug-likeness (QED) is 0.747. The molecule has 0 atom stereocenters. The van der Waals surface area contributed by atoms with Crippen molar-refractivity contribution in [2.24, 2.45) is 0 Å². The van der Waals surface area contributed by atoms with Crippen molar-refractivity contribution in [3.63, 3.8) is 0 Å². The molecule has 0 saturated heterocycles. The minimum atomic E-state index is -1.03. The van der Waals surface area contributed by atoms with Crippen LogP contribution in [0.25, 0.3) is 0 Å². The summed E-state index contributed by atoms with van der Waals surface area (Å²) in [6.45, 7) is 1.70. The van der Waals surface area contributed by atoms with Crippen LogP contribution in [0.3, 0.4) is 0 Å². The molecule has 0 aliphatic rings. The summed E-state index contributed by atoms with van der Waals surface area (Å²) < 4.78 is 0. The molecular weight excluding hydrogens is 256 g/mol. The van der Waals surface area contributed by atoms with Crippen molar-refractivity contribution >= 4 is 23.3 Å². The second-order valence-electron chi connectivity index (χ2n) is 4.41. The molecule has 2 rings (SSSR count). The summed E-state index contributed by atoms with van der Waals surface area (Å²) in [6.07, 6.45) is 0. The minimum absolute atomic E-state index is 0.162. The maximum Gasteiger partial charge on any atom is 0.336 e. The third-order valence-corrected chi connectivity index (χ3v) is 2.87. The van der Waals surface area contributed by atoms with Gasteiger partial charge in [0.1, 0.15) is 0 Å². The number of nitrogens with one attached hydrogen (secondary N) is 1. The third kappa shape index (κ3) is 2.95. The van der Waals surface area contributed by atoms with Crippen molar-refractivity contribution in [1.29, 1.82) is 0 Å². The monoisotopic (exact) mass is 270 g/mol. The third-order valence-electron chi connectivity index (χ3n) is 2.87. The van der Waals surface area contributed by atoms with Crippen LogP contribution in [0.4, 0.5) is 11.4 Å². The normalized spacial score (nSPS) is 10.1. The first-order valence-corrected chi connectivity index (χ1v) is 5.98. The van der Waals surface area contributed by atoms with Crippen LogP contribution in [0.15, 0.2) is 42.5 Å². The molecule has 0 bridgehead atoms. The molecule has 0 unspecified atom stereocenters. The smallest absolute Gasteiger partial charge is 0.336 e. The fraction of sp³-hybridized carbons (Fsp3) is 0.0667. The summed E-state index contributed by atoms with van der Waals surface area (Å²) in [5.41, 5.74) is 7.76. The van der Waals surface area contributed by atoms with Crippen molar-refractivity contribution in [3.8, 4) is 0 Å². The predicted molar refractivity (Wildman–Crippen MR) is 76.9 cm³/mol. The standard InChI is InChI=1S/C15H14N2O3/c1-9-5-6-12(8-13(9)15(19)20)17-14(18)10-3-2-4-11(16)7-10/h2-8H,16H2,1H3,(H,17,18)(H,19,20). The Morgan fingerprint density at radius 1 is 1.15 bits per heavy atom. The molecule has 5 heteroatoms. The molecule has 0 heterocycles. The van der Waals surface area contributed by atoms with Crippen molar-refractivity contribution in [2.75, 3.05) is 11.1 Å². The number of rotatable bonds is 3. The number of amides is 1. The van der Waals surface area contributed by atoms with Gasteiger partial charge in [0, 0.05) is 16.9 Å². The van der Waals surface area contributed by atoms with Gasteiger partial charge in [0.2, 0.25) is 0 Å². The van der Waals surface area contributed by atoms with E-state index >= 15 is 0 Å². The number of benzene rings is 2. The lowest BCUT2D eigenvalue weighted by molar-refractivity contribution is 0.0695. The maximum atomic E-state index is 12.0. The molecule has 0 saturated carbocycles. The zero-order valence-electron chi connectivity index (χ0n) is 10.9. The molecule has 1 amide bonds. The first-order chi connectivity index (χ1) is 9.47. The first kappa shape index (κ1) is 13.6. The molecule has 4 N–H and O–H groups in total. The van der Waals surface area contributed by atoms with Crippen LogP contribution in [0.5, 0.6) is 0 Å². The Bertz CT molecular complexity index is 681. The zero-order chi connectivity index (χ0) is 14.7. The number of hydrogen-bond acceptors (Lipinski definition) is 3. The summed E-state index contributed by atoms with van der Waals surface area (Å²) in [4.78, 5) is 23.1. The number of carbonyl (C=O) groups is 2. The molecule has 0 fully saturated rings. The number of anilines is 2. The summed E-state index contributed by atoms with van der Waals surface area (Å²) in [6, 6.07) is 11.3. The van der Waals surface area contributed by atoms with Crippen LogP contribution in [0.1, 0.15) is 26.3 Å². The number of hydrogen-bond donors (Lipinski definition) is 3. The van der Waals surface area contributed by atoms with E-state index in [1.165, 1.54) is 6.07 Å². The molecule has 0 aliphatic carbocycles. The highest BCUT2D eigenvalue weighted by atomic mass is 16.4. The van der Waals surface area contributed by atoms with Gasteiger partial charge >= 0.3 is 5.97 Å².